The number of guanidine groups is 1. The molecule has 0 radical (unpaired) electrons. The number of nitrogens with one attached hydrogen (secondary N) is 4. The van der Waals surface area contributed by atoms with Crippen LogP contribution < -0.4 is 20.7 Å². The van der Waals surface area contributed by atoms with Gasteiger partial charge in [-0.3, -0.25) is 10.7 Å². The lowest BCUT2D eigenvalue weighted by molar-refractivity contribution is 0.256. The molecular weight excluding hydrogens is 232 g/mol. The SMILES string of the molecule is CNC(=N)NC(=O)Nc1c(C)ccc(OC)c1C. The Labute approximate surface area is 106 Å². The average Bonchev–Trinajstić information content (AvgIpc) is 2.34. The molecule has 1 aromatic carbocycles. The maximum Gasteiger partial charge on any atom is 0.326 e. The van der Waals surface area contributed by atoms with Gasteiger partial charge in [-0.1, -0.05) is 6.07 Å². The van der Waals surface area contributed by atoms with Crippen LogP contribution in [0.1, 0.15) is 11.1 Å². The van der Waals surface area contributed by atoms with E-state index in [0.717, 1.165) is 11.1 Å². The van der Waals surface area contributed by atoms with Gasteiger partial charge in [0.15, 0.2) is 5.96 Å². The number of amides is 2. The maximum absolute atomic E-state index is 11.6. The fraction of sp³-hybridized carbons (Fsp3) is 0.333. The van der Waals surface area contributed by atoms with Crippen molar-refractivity contribution < 1.29 is 9.53 Å². The van der Waals surface area contributed by atoms with E-state index in [1.165, 1.54) is 0 Å². The van der Waals surface area contributed by atoms with Crippen molar-refractivity contribution in [1.82, 2.24) is 10.6 Å². The second-order valence-corrected chi connectivity index (χ2v) is 3.79. The minimum absolute atomic E-state index is 0.0642. The summed E-state index contributed by atoms with van der Waals surface area (Å²) in [6.45, 7) is 3.76. The highest BCUT2D eigenvalue weighted by Crippen LogP contribution is 2.28. The first-order valence-electron chi connectivity index (χ1n) is 5.48. The predicted molar refractivity (Wildman–Crippen MR) is 71.4 cm³/mol. The van der Waals surface area contributed by atoms with Gasteiger partial charge in [0.05, 0.1) is 12.8 Å². The van der Waals surface area contributed by atoms with Gasteiger partial charge < -0.3 is 15.4 Å². The Morgan fingerprint density at radius 1 is 1.33 bits per heavy atom. The standard InChI is InChI=1S/C12H18N4O2/c1-7-5-6-9(18-4)8(2)10(7)15-12(17)16-11(13)14-3/h5-6H,1-4H3,(H4,13,14,15,16,17). The first kappa shape index (κ1) is 13.8. The van der Waals surface area contributed by atoms with E-state index in [4.69, 9.17) is 10.1 Å². The van der Waals surface area contributed by atoms with Crippen LogP contribution in [-0.4, -0.2) is 26.1 Å². The second-order valence-electron chi connectivity index (χ2n) is 3.79. The average molecular weight is 250 g/mol. The zero-order valence-corrected chi connectivity index (χ0v) is 11.0. The third kappa shape index (κ3) is 3.13. The number of urea groups is 1. The number of rotatable bonds is 2. The van der Waals surface area contributed by atoms with Crippen molar-refractivity contribution in [2.75, 3.05) is 19.5 Å². The van der Waals surface area contributed by atoms with E-state index in [1.807, 2.05) is 26.0 Å². The van der Waals surface area contributed by atoms with Gasteiger partial charge in [-0.2, -0.15) is 0 Å². The van der Waals surface area contributed by atoms with Gasteiger partial charge in [0.2, 0.25) is 0 Å². The lowest BCUT2D eigenvalue weighted by Gasteiger charge is -2.15. The molecule has 0 unspecified atom stereocenters. The molecular formula is C12H18N4O2. The van der Waals surface area contributed by atoms with Crippen LogP contribution in [0, 0.1) is 19.3 Å². The van der Waals surface area contributed by atoms with Crippen LogP contribution in [0.2, 0.25) is 0 Å². The van der Waals surface area contributed by atoms with Crippen molar-refractivity contribution in [2.45, 2.75) is 13.8 Å². The summed E-state index contributed by atoms with van der Waals surface area (Å²) in [6, 6.07) is 3.25. The number of carbonyl (C=O) groups excluding carboxylic acids is 1. The number of hydrogen-bond donors (Lipinski definition) is 4. The van der Waals surface area contributed by atoms with Gasteiger partial charge in [0, 0.05) is 12.6 Å². The predicted octanol–water partition coefficient (Wildman–Crippen LogP) is 1.59. The molecule has 0 bridgehead atoms. The number of aryl methyl sites for hydroxylation is 1. The quantitative estimate of drug-likeness (QED) is 0.475. The lowest BCUT2D eigenvalue weighted by Crippen LogP contribution is -2.40. The Kier molecular flexibility index (Phi) is 4.53. The minimum atomic E-state index is -0.464. The van der Waals surface area contributed by atoms with Gasteiger partial charge in [0.1, 0.15) is 5.75 Å². The molecule has 0 atom stereocenters. The fourth-order valence-electron chi connectivity index (χ4n) is 1.56. The molecule has 0 fully saturated rings. The number of methoxy groups -OCH3 is 1. The summed E-state index contributed by atoms with van der Waals surface area (Å²) in [5.41, 5.74) is 2.47. The van der Waals surface area contributed by atoms with Crippen molar-refractivity contribution in [3.63, 3.8) is 0 Å². The Hall–Kier alpha value is -2.24. The molecule has 0 aromatic heterocycles. The summed E-state index contributed by atoms with van der Waals surface area (Å²) in [5.74, 6) is 0.644. The summed E-state index contributed by atoms with van der Waals surface area (Å²) >= 11 is 0. The van der Waals surface area contributed by atoms with Crippen LogP contribution in [0.5, 0.6) is 5.75 Å². The lowest BCUT2D eigenvalue weighted by atomic mass is 10.1. The van der Waals surface area contributed by atoms with E-state index in [9.17, 15) is 4.79 Å². The van der Waals surface area contributed by atoms with Crippen LogP contribution in [0.3, 0.4) is 0 Å². The molecule has 4 N–H and O–H groups in total. The molecule has 0 saturated heterocycles. The summed E-state index contributed by atoms with van der Waals surface area (Å²) < 4.78 is 5.20. The van der Waals surface area contributed by atoms with Crippen LogP contribution in [-0.2, 0) is 0 Å². The Morgan fingerprint density at radius 3 is 2.56 bits per heavy atom. The van der Waals surface area contributed by atoms with E-state index >= 15 is 0 Å². The number of benzene rings is 1. The molecule has 0 heterocycles. The van der Waals surface area contributed by atoms with Crippen molar-refractivity contribution in [3.05, 3.63) is 23.3 Å². The van der Waals surface area contributed by atoms with Crippen LogP contribution in [0.4, 0.5) is 10.5 Å². The molecule has 6 heteroatoms. The molecule has 0 aliphatic rings. The molecule has 0 aliphatic heterocycles. The molecule has 0 aliphatic carbocycles. The normalized spacial score (nSPS) is 9.56. The van der Waals surface area contributed by atoms with Gasteiger partial charge in [-0.05, 0) is 25.5 Å². The van der Waals surface area contributed by atoms with Crippen LogP contribution >= 0.6 is 0 Å². The van der Waals surface area contributed by atoms with Crippen LogP contribution in [0.25, 0.3) is 0 Å². The Balaban J connectivity index is 2.90. The molecule has 1 aromatic rings. The van der Waals surface area contributed by atoms with Gasteiger partial charge >= 0.3 is 6.03 Å². The van der Waals surface area contributed by atoms with E-state index < -0.39 is 6.03 Å². The van der Waals surface area contributed by atoms with Crippen molar-refractivity contribution >= 4 is 17.7 Å². The third-order valence-electron chi connectivity index (χ3n) is 2.57. The van der Waals surface area contributed by atoms with E-state index in [0.29, 0.717) is 11.4 Å². The number of hydrogen-bond acceptors (Lipinski definition) is 3. The Morgan fingerprint density at radius 2 is 2.00 bits per heavy atom. The summed E-state index contributed by atoms with van der Waals surface area (Å²) in [4.78, 5) is 11.6. The van der Waals surface area contributed by atoms with Gasteiger partial charge in [-0.25, -0.2) is 4.79 Å². The molecule has 1 rings (SSSR count). The molecule has 0 saturated carbocycles. The van der Waals surface area contributed by atoms with E-state index in [2.05, 4.69) is 16.0 Å². The highest BCUT2D eigenvalue weighted by atomic mass is 16.5. The highest BCUT2D eigenvalue weighted by Gasteiger charge is 2.11. The Bertz CT molecular complexity index is 471. The first-order chi connectivity index (χ1) is 8.49. The zero-order chi connectivity index (χ0) is 13.7. The minimum Gasteiger partial charge on any atom is -0.496 e. The summed E-state index contributed by atoms with van der Waals surface area (Å²) in [6.07, 6.45) is 0. The second kappa shape index (κ2) is 5.90. The van der Waals surface area contributed by atoms with E-state index in [-0.39, 0.29) is 5.96 Å². The topological polar surface area (TPSA) is 86.2 Å². The monoisotopic (exact) mass is 250 g/mol. The fourth-order valence-corrected chi connectivity index (χ4v) is 1.56. The molecule has 0 spiro atoms. The summed E-state index contributed by atoms with van der Waals surface area (Å²) in [5, 5.41) is 14.9. The molecule has 98 valence electrons. The maximum atomic E-state index is 11.6. The smallest absolute Gasteiger partial charge is 0.326 e. The van der Waals surface area contributed by atoms with Crippen LogP contribution in [0.15, 0.2) is 12.1 Å². The molecule has 6 nitrogen and oxygen atoms in total. The van der Waals surface area contributed by atoms with Crippen molar-refractivity contribution in [2.24, 2.45) is 0 Å². The largest absolute Gasteiger partial charge is 0.496 e. The van der Waals surface area contributed by atoms with Gasteiger partial charge in [0.25, 0.3) is 0 Å². The zero-order valence-electron chi connectivity index (χ0n) is 11.0. The van der Waals surface area contributed by atoms with Crippen molar-refractivity contribution in [3.8, 4) is 5.75 Å². The van der Waals surface area contributed by atoms with E-state index in [1.54, 1.807) is 14.2 Å². The molecule has 2 amide bonds. The molecule has 18 heavy (non-hydrogen) atoms. The summed E-state index contributed by atoms with van der Waals surface area (Å²) in [7, 11) is 3.14. The van der Waals surface area contributed by atoms with Crippen molar-refractivity contribution in [1.29, 1.82) is 5.41 Å². The number of anilines is 1. The number of ether oxygens (including phenoxy) is 1. The van der Waals surface area contributed by atoms with Gasteiger partial charge in [-0.15, -0.1) is 0 Å². The number of carbonyl (C=O) groups is 1. The first-order valence-corrected chi connectivity index (χ1v) is 5.48. The third-order valence-corrected chi connectivity index (χ3v) is 2.57. The highest BCUT2D eigenvalue weighted by molar-refractivity contribution is 6.02.